The van der Waals surface area contributed by atoms with Crippen molar-refractivity contribution in [1.29, 1.82) is 5.26 Å². The maximum atomic E-state index is 9.02. The second kappa shape index (κ2) is 5.14. The molecule has 1 heterocycles. The SMILES string of the molecule is CN(c1cccc(C#N)c1)c1ccnc2cc(N)ccc12. The number of anilines is 3. The first-order valence-corrected chi connectivity index (χ1v) is 6.57. The van der Waals surface area contributed by atoms with Crippen molar-refractivity contribution in [3.05, 3.63) is 60.3 Å². The van der Waals surface area contributed by atoms with Gasteiger partial charge in [0.2, 0.25) is 0 Å². The normalized spacial score (nSPS) is 10.3. The zero-order valence-electron chi connectivity index (χ0n) is 11.6. The van der Waals surface area contributed by atoms with E-state index in [0.29, 0.717) is 11.3 Å². The molecule has 0 saturated carbocycles. The number of pyridine rings is 1. The molecule has 0 radical (unpaired) electrons. The molecule has 0 aliphatic heterocycles. The van der Waals surface area contributed by atoms with E-state index in [4.69, 9.17) is 11.0 Å². The van der Waals surface area contributed by atoms with Crippen molar-refractivity contribution >= 4 is 28.0 Å². The molecule has 21 heavy (non-hydrogen) atoms. The van der Waals surface area contributed by atoms with Crippen LogP contribution in [0, 0.1) is 11.3 Å². The Hall–Kier alpha value is -3.06. The lowest BCUT2D eigenvalue weighted by molar-refractivity contribution is 1.21. The van der Waals surface area contributed by atoms with Crippen LogP contribution in [0.4, 0.5) is 17.1 Å². The minimum absolute atomic E-state index is 0.641. The fourth-order valence-corrected chi connectivity index (χ4v) is 2.37. The van der Waals surface area contributed by atoms with Gasteiger partial charge in [-0.15, -0.1) is 0 Å². The first kappa shape index (κ1) is 12.9. The number of nitrogens with two attached hydrogens (primary N) is 1. The summed E-state index contributed by atoms with van der Waals surface area (Å²) < 4.78 is 0. The van der Waals surface area contributed by atoms with Crippen LogP contribution in [0.25, 0.3) is 10.9 Å². The zero-order valence-corrected chi connectivity index (χ0v) is 11.6. The molecule has 3 rings (SSSR count). The number of nitrogens with zero attached hydrogens (tertiary/aromatic N) is 3. The maximum Gasteiger partial charge on any atom is 0.0992 e. The van der Waals surface area contributed by atoms with Gasteiger partial charge in [0.25, 0.3) is 0 Å². The third-order valence-corrected chi connectivity index (χ3v) is 3.47. The highest BCUT2D eigenvalue weighted by Gasteiger charge is 2.09. The molecule has 3 aromatic rings. The van der Waals surface area contributed by atoms with Gasteiger partial charge in [-0.25, -0.2) is 0 Å². The number of rotatable bonds is 2. The Labute approximate surface area is 123 Å². The van der Waals surface area contributed by atoms with Gasteiger partial charge in [-0.3, -0.25) is 4.98 Å². The number of hydrogen-bond donors (Lipinski definition) is 1. The molecule has 2 N–H and O–H groups in total. The van der Waals surface area contributed by atoms with Crippen LogP contribution in [-0.4, -0.2) is 12.0 Å². The number of fused-ring (bicyclic) bond motifs is 1. The van der Waals surface area contributed by atoms with Crippen molar-refractivity contribution in [2.24, 2.45) is 0 Å². The maximum absolute atomic E-state index is 9.02. The zero-order chi connectivity index (χ0) is 14.8. The van der Waals surface area contributed by atoms with Gasteiger partial charge in [0.05, 0.1) is 22.8 Å². The smallest absolute Gasteiger partial charge is 0.0992 e. The molecule has 2 aromatic carbocycles. The first-order valence-electron chi connectivity index (χ1n) is 6.57. The third kappa shape index (κ3) is 2.37. The Kier molecular flexibility index (Phi) is 3.17. The summed E-state index contributed by atoms with van der Waals surface area (Å²) in [6.07, 6.45) is 1.77. The summed E-state index contributed by atoms with van der Waals surface area (Å²) in [4.78, 5) is 6.40. The second-order valence-corrected chi connectivity index (χ2v) is 4.83. The summed E-state index contributed by atoms with van der Waals surface area (Å²) >= 11 is 0. The van der Waals surface area contributed by atoms with Crippen molar-refractivity contribution in [3.8, 4) is 6.07 Å². The van der Waals surface area contributed by atoms with Crippen molar-refractivity contribution in [2.75, 3.05) is 17.7 Å². The van der Waals surface area contributed by atoms with Gasteiger partial charge in [-0.05, 0) is 42.5 Å². The molecule has 1 aromatic heterocycles. The fraction of sp³-hybridized carbons (Fsp3) is 0.0588. The lowest BCUT2D eigenvalue weighted by Gasteiger charge is -2.21. The van der Waals surface area contributed by atoms with Gasteiger partial charge in [0.15, 0.2) is 0 Å². The van der Waals surface area contributed by atoms with E-state index in [1.54, 1.807) is 12.3 Å². The van der Waals surface area contributed by atoms with Crippen LogP contribution in [0.5, 0.6) is 0 Å². The number of nitrogen functional groups attached to an aromatic ring is 1. The van der Waals surface area contributed by atoms with Crippen LogP contribution < -0.4 is 10.6 Å². The van der Waals surface area contributed by atoms with E-state index in [1.807, 2.05) is 54.4 Å². The van der Waals surface area contributed by atoms with Crippen molar-refractivity contribution in [2.45, 2.75) is 0 Å². The van der Waals surface area contributed by atoms with Gasteiger partial charge in [0, 0.05) is 30.0 Å². The van der Waals surface area contributed by atoms with Crippen LogP contribution in [0.15, 0.2) is 54.7 Å². The minimum atomic E-state index is 0.641. The predicted octanol–water partition coefficient (Wildman–Crippen LogP) is 3.46. The van der Waals surface area contributed by atoms with E-state index < -0.39 is 0 Å². The summed E-state index contributed by atoms with van der Waals surface area (Å²) in [5.74, 6) is 0. The highest BCUT2D eigenvalue weighted by atomic mass is 15.1. The average Bonchev–Trinajstić information content (AvgIpc) is 2.53. The topological polar surface area (TPSA) is 65.9 Å². The Morgan fingerprint density at radius 1 is 1.14 bits per heavy atom. The quantitative estimate of drug-likeness (QED) is 0.727. The number of aromatic nitrogens is 1. The predicted molar refractivity (Wildman–Crippen MR) is 85.4 cm³/mol. The van der Waals surface area contributed by atoms with Crippen molar-refractivity contribution < 1.29 is 0 Å². The molecule has 0 aliphatic rings. The minimum Gasteiger partial charge on any atom is -0.399 e. The van der Waals surface area contributed by atoms with E-state index in [0.717, 1.165) is 22.3 Å². The van der Waals surface area contributed by atoms with Crippen LogP contribution in [0.1, 0.15) is 5.56 Å². The highest BCUT2D eigenvalue weighted by molar-refractivity contribution is 5.94. The molecule has 0 aliphatic carbocycles. The Morgan fingerprint density at radius 3 is 2.81 bits per heavy atom. The highest BCUT2D eigenvalue weighted by Crippen LogP contribution is 2.31. The summed E-state index contributed by atoms with van der Waals surface area (Å²) in [7, 11) is 1.97. The Bertz CT molecular complexity index is 849. The Balaban J connectivity index is 2.13. The van der Waals surface area contributed by atoms with E-state index in [1.165, 1.54) is 0 Å². The van der Waals surface area contributed by atoms with E-state index in [2.05, 4.69) is 11.1 Å². The first-order chi connectivity index (χ1) is 10.2. The fourth-order valence-electron chi connectivity index (χ4n) is 2.37. The molecular formula is C17H14N4. The molecule has 4 nitrogen and oxygen atoms in total. The van der Waals surface area contributed by atoms with E-state index >= 15 is 0 Å². The molecule has 0 saturated heterocycles. The lowest BCUT2D eigenvalue weighted by atomic mass is 10.1. The van der Waals surface area contributed by atoms with Gasteiger partial charge in [-0.1, -0.05) is 6.07 Å². The van der Waals surface area contributed by atoms with Crippen molar-refractivity contribution in [1.82, 2.24) is 4.98 Å². The third-order valence-electron chi connectivity index (χ3n) is 3.47. The molecule has 0 bridgehead atoms. The van der Waals surface area contributed by atoms with Crippen LogP contribution in [0.2, 0.25) is 0 Å². The molecule has 0 spiro atoms. The Morgan fingerprint density at radius 2 is 2.00 bits per heavy atom. The number of benzene rings is 2. The van der Waals surface area contributed by atoms with Crippen LogP contribution >= 0.6 is 0 Å². The molecule has 102 valence electrons. The standard InChI is InChI=1S/C17H14N4/c1-21(14-4-2-3-12(9-14)11-18)17-7-8-20-16-10-13(19)5-6-15(16)17/h2-10H,19H2,1H3. The van der Waals surface area contributed by atoms with Gasteiger partial charge < -0.3 is 10.6 Å². The summed E-state index contributed by atoms with van der Waals surface area (Å²) in [5, 5.41) is 10.0. The van der Waals surface area contributed by atoms with Crippen LogP contribution in [-0.2, 0) is 0 Å². The molecule has 0 fully saturated rings. The largest absolute Gasteiger partial charge is 0.399 e. The summed E-state index contributed by atoms with van der Waals surface area (Å²) in [5.41, 5.74) is 9.98. The number of nitriles is 1. The molecule has 0 unspecified atom stereocenters. The van der Waals surface area contributed by atoms with Gasteiger partial charge >= 0.3 is 0 Å². The summed E-state index contributed by atoms with van der Waals surface area (Å²) in [6.45, 7) is 0. The van der Waals surface area contributed by atoms with Gasteiger partial charge in [-0.2, -0.15) is 5.26 Å². The van der Waals surface area contributed by atoms with Gasteiger partial charge in [0.1, 0.15) is 0 Å². The average molecular weight is 274 g/mol. The molecule has 4 heteroatoms. The van der Waals surface area contributed by atoms with Crippen LogP contribution in [0.3, 0.4) is 0 Å². The van der Waals surface area contributed by atoms with Crippen molar-refractivity contribution in [3.63, 3.8) is 0 Å². The van der Waals surface area contributed by atoms with E-state index in [9.17, 15) is 0 Å². The number of hydrogen-bond acceptors (Lipinski definition) is 4. The molecule has 0 amide bonds. The molecular weight excluding hydrogens is 260 g/mol. The monoisotopic (exact) mass is 274 g/mol. The summed E-state index contributed by atoms with van der Waals surface area (Å²) in [6, 6.07) is 17.3. The second-order valence-electron chi connectivity index (χ2n) is 4.83. The van der Waals surface area contributed by atoms with E-state index in [-0.39, 0.29) is 0 Å². The lowest BCUT2D eigenvalue weighted by Crippen LogP contribution is -2.10. The molecule has 0 atom stereocenters.